The zero-order chi connectivity index (χ0) is 19.2. The first-order chi connectivity index (χ1) is 13.0. The number of amides is 1. The normalized spacial score (nSPS) is 12.4. The van der Waals surface area contributed by atoms with Crippen molar-refractivity contribution in [2.24, 2.45) is 5.92 Å². The predicted molar refractivity (Wildman–Crippen MR) is 111 cm³/mol. The van der Waals surface area contributed by atoms with Gasteiger partial charge in [0.15, 0.2) is 0 Å². The minimum absolute atomic E-state index is 0.0768. The van der Waals surface area contributed by atoms with Gasteiger partial charge in [-0.25, -0.2) is 0 Å². The van der Waals surface area contributed by atoms with Crippen molar-refractivity contribution in [3.05, 3.63) is 65.1 Å². The van der Waals surface area contributed by atoms with E-state index in [1.165, 1.54) is 5.56 Å². The van der Waals surface area contributed by atoms with Gasteiger partial charge in [0.05, 0.1) is 0 Å². The van der Waals surface area contributed by atoms with Crippen LogP contribution in [0.4, 0.5) is 0 Å². The summed E-state index contributed by atoms with van der Waals surface area (Å²) in [6.07, 6.45) is 5.96. The summed E-state index contributed by atoms with van der Waals surface area (Å²) in [4.78, 5) is 20.2. The second-order valence-electron chi connectivity index (χ2n) is 7.39. The third-order valence-corrected chi connectivity index (χ3v) is 4.97. The first-order valence-electron chi connectivity index (χ1n) is 9.46. The van der Waals surface area contributed by atoms with Gasteiger partial charge in [-0.3, -0.25) is 9.78 Å². The molecule has 0 fully saturated rings. The summed E-state index contributed by atoms with van der Waals surface area (Å²) in [5, 5.41) is 4.86. The Morgan fingerprint density at radius 3 is 2.85 bits per heavy atom. The van der Waals surface area contributed by atoms with Gasteiger partial charge in [0.1, 0.15) is 0 Å². The summed E-state index contributed by atoms with van der Waals surface area (Å²) >= 11 is 6.19. The van der Waals surface area contributed by atoms with Crippen LogP contribution >= 0.6 is 11.6 Å². The van der Waals surface area contributed by atoms with Gasteiger partial charge in [-0.15, -0.1) is 0 Å². The number of aromatic amines is 1. The van der Waals surface area contributed by atoms with Crippen molar-refractivity contribution in [1.29, 1.82) is 0 Å². The number of benzene rings is 1. The average Bonchev–Trinajstić information content (AvgIpc) is 3.04. The van der Waals surface area contributed by atoms with Crippen molar-refractivity contribution in [3.8, 4) is 0 Å². The summed E-state index contributed by atoms with van der Waals surface area (Å²) in [7, 11) is 0. The van der Waals surface area contributed by atoms with Gasteiger partial charge in [0.2, 0.25) is 5.91 Å². The fourth-order valence-electron chi connectivity index (χ4n) is 3.51. The molecule has 3 aromatic rings. The van der Waals surface area contributed by atoms with E-state index in [1.807, 2.05) is 42.6 Å². The van der Waals surface area contributed by atoms with Crippen molar-refractivity contribution < 1.29 is 4.79 Å². The number of aromatic nitrogens is 2. The minimum Gasteiger partial charge on any atom is -0.361 e. The summed E-state index contributed by atoms with van der Waals surface area (Å²) in [5.74, 6) is 0.737. The minimum atomic E-state index is 0.0768. The average molecular weight is 384 g/mol. The highest BCUT2D eigenvalue weighted by molar-refractivity contribution is 6.31. The van der Waals surface area contributed by atoms with E-state index in [-0.39, 0.29) is 11.8 Å². The standard InChI is InChI=1S/C22H26ClN3O/c1-15(2)11-16(20-14-26-21-7-6-17(23)13-19(20)21)12-22(27)25-10-8-18-5-3-4-9-24-18/h3-7,9,13-16,26H,8,10-12H2,1-2H3,(H,25,27)/t16-/m0/s1. The quantitative estimate of drug-likeness (QED) is 0.568. The van der Waals surface area contributed by atoms with Gasteiger partial charge in [-0.2, -0.15) is 0 Å². The molecular weight excluding hydrogens is 358 g/mol. The summed E-state index contributed by atoms with van der Waals surface area (Å²) in [6, 6.07) is 11.7. The summed E-state index contributed by atoms with van der Waals surface area (Å²) < 4.78 is 0. The molecule has 2 aromatic heterocycles. The van der Waals surface area contributed by atoms with Crippen LogP contribution in [-0.4, -0.2) is 22.4 Å². The largest absolute Gasteiger partial charge is 0.361 e. The molecule has 0 spiro atoms. The van der Waals surface area contributed by atoms with Gasteiger partial charge >= 0.3 is 0 Å². The van der Waals surface area contributed by atoms with E-state index in [9.17, 15) is 4.79 Å². The van der Waals surface area contributed by atoms with E-state index < -0.39 is 0 Å². The lowest BCUT2D eigenvalue weighted by molar-refractivity contribution is -0.121. The second kappa shape index (κ2) is 9.05. The van der Waals surface area contributed by atoms with Crippen LogP contribution < -0.4 is 5.32 Å². The Morgan fingerprint density at radius 1 is 1.26 bits per heavy atom. The highest BCUT2D eigenvalue weighted by Crippen LogP contribution is 2.33. The predicted octanol–water partition coefficient (Wildman–Crippen LogP) is 5.10. The Hall–Kier alpha value is -2.33. The molecule has 1 amide bonds. The monoisotopic (exact) mass is 383 g/mol. The summed E-state index contributed by atoms with van der Waals surface area (Å²) in [6.45, 7) is 4.98. The molecule has 0 unspecified atom stereocenters. The third-order valence-electron chi connectivity index (χ3n) is 4.73. The number of carbonyl (C=O) groups is 1. The lowest BCUT2D eigenvalue weighted by Crippen LogP contribution is -2.27. The van der Waals surface area contributed by atoms with Gasteiger partial charge < -0.3 is 10.3 Å². The first-order valence-corrected chi connectivity index (χ1v) is 9.84. The molecule has 0 aliphatic heterocycles. The number of H-pyrrole nitrogens is 1. The number of fused-ring (bicyclic) bond motifs is 1. The van der Waals surface area contributed by atoms with E-state index in [1.54, 1.807) is 6.20 Å². The zero-order valence-electron chi connectivity index (χ0n) is 15.8. The number of hydrogen-bond donors (Lipinski definition) is 2. The maximum absolute atomic E-state index is 12.6. The first kappa shape index (κ1) is 19.4. The maximum Gasteiger partial charge on any atom is 0.220 e. The topological polar surface area (TPSA) is 57.8 Å². The van der Waals surface area contributed by atoms with Crippen LogP contribution in [0.1, 0.15) is 43.9 Å². The van der Waals surface area contributed by atoms with Crippen LogP contribution in [0.5, 0.6) is 0 Å². The van der Waals surface area contributed by atoms with Crippen LogP contribution in [0.3, 0.4) is 0 Å². The van der Waals surface area contributed by atoms with E-state index in [4.69, 9.17) is 11.6 Å². The second-order valence-corrected chi connectivity index (χ2v) is 7.82. The Kier molecular flexibility index (Phi) is 6.51. The Labute approximate surface area is 165 Å². The van der Waals surface area contributed by atoms with Crippen molar-refractivity contribution >= 4 is 28.4 Å². The lowest BCUT2D eigenvalue weighted by atomic mass is 9.87. The number of pyridine rings is 1. The molecular formula is C22H26ClN3O. The number of hydrogen-bond acceptors (Lipinski definition) is 2. The zero-order valence-corrected chi connectivity index (χ0v) is 16.6. The number of nitrogens with zero attached hydrogens (tertiary/aromatic N) is 1. The highest BCUT2D eigenvalue weighted by atomic mass is 35.5. The molecule has 2 N–H and O–H groups in total. The SMILES string of the molecule is CC(C)C[C@@H](CC(=O)NCCc1ccccn1)c1c[nH]c2ccc(Cl)cc12. The molecule has 0 bridgehead atoms. The molecule has 2 heterocycles. The van der Waals surface area contributed by atoms with Crippen LogP contribution in [0.2, 0.25) is 5.02 Å². The molecule has 0 saturated heterocycles. The third kappa shape index (κ3) is 5.33. The Bertz CT molecular complexity index is 889. The molecule has 3 rings (SSSR count). The number of carbonyl (C=O) groups excluding carboxylic acids is 1. The van der Waals surface area contributed by atoms with Crippen molar-refractivity contribution in [3.63, 3.8) is 0 Å². The van der Waals surface area contributed by atoms with Crippen LogP contribution in [0, 0.1) is 5.92 Å². The Morgan fingerprint density at radius 2 is 2.11 bits per heavy atom. The van der Waals surface area contributed by atoms with Crippen LogP contribution in [0.25, 0.3) is 10.9 Å². The lowest BCUT2D eigenvalue weighted by Gasteiger charge is -2.18. The maximum atomic E-state index is 12.6. The van der Waals surface area contributed by atoms with Crippen molar-refractivity contribution in [1.82, 2.24) is 15.3 Å². The van der Waals surface area contributed by atoms with Crippen LogP contribution in [0.15, 0.2) is 48.8 Å². The Balaban J connectivity index is 1.67. The smallest absolute Gasteiger partial charge is 0.220 e. The molecule has 27 heavy (non-hydrogen) atoms. The van der Waals surface area contributed by atoms with Gasteiger partial charge in [-0.05, 0) is 54.2 Å². The molecule has 4 nitrogen and oxygen atoms in total. The fourth-order valence-corrected chi connectivity index (χ4v) is 3.69. The molecule has 142 valence electrons. The highest BCUT2D eigenvalue weighted by Gasteiger charge is 2.20. The number of halogens is 1. The van der Waals surface area contributed by atoms with Crippen molar-refractivity contribution in [2.75, 3.05) is 6.54 Å². The van der Waals surface area contributed by atoms with E-state index in [2.05, 4.69) is 29.1 Å². The van der Waals surface area contributed by atoms with Gasteiger partial charge in [0, 0.05) is 53.4 Å². The molecule has 0 radical (unpaired) electrons. The molecule has 1 aromatic carbocycles. The van der Waals surface area contributed by atoms with E-state index >= 15 is 0 Å². The van der Waals surface area contributed by atoms with E-state index in [0.717, 1.165) is 29.4 Å². The van der Waals surface area contributed by atoms with Gasteiger partial charge in [-0.1, -0.05) is 31.5 Å². The van der Waals surface area contributed by atoms with Gasteiger partial charge in [0.25, 0.3) is 0 Å². The van der Waals surface area contributed by atoms with E-state index in [0.29, 0.717) is 23.9 Å². The molecule has 5 heteroatoms. The number of nitrogens with one attached hydrogen (secondary N) is 2. The van der Waals surface area contributed by atoms with Crippen LogP contribution in [-0.2, 0) is 11.2 Å². The van der Waals surface area contributed by atoms with Crippen molar-refractivity contribution in [2.45, 2.75) is 39.0 Å². The fraction of sp³-hybridized carbons (Fsp3) is 0.364. The number of rotatable bonds is 8. The molecule has 0 aliphatic rings. The molecule has 0 aliphatic carbocycles. The molecule has 0 saturated carbocycles. The molecule has 1 atom stereocenters. The summed E-state index contributed by atoms with van der Waals surface area (Å²) in [5.41, 5.74) is 3.21.